The fourth-order valence-electron chi connectivity index (χ4n) is 2.96. The zero-order chi connectivity index (χ0) is 19.4. The van der Waals surface area contributed by atoms with Gasteiger partial charge in [0.05, 0.1) is 24.8 Å². The molecule has 0 spiro atoms. The van der Waals surface area contributed by atoms with Crippen LogP contribution in [0, 0.1) is 0 Å². The van der Waals surface area contributed by atoms with E-state index in [0.717, 1.165) is 16.0 Å². The topological polar surface area (TPSA) is 59.5 Å². The average molecular weight is 380 g/mol. The summed E-state index contributed by atoms with van der Waals surface area (Å²) in [6.45, 7) is 2.11. The van der Waals surface area contributed by atoms with E-state index in [1.165, 1.54) is 7.11 Å². The third kappa shape index (κ3) is 3.95. The van der Waals surface area contributed by atoms with Crippen molar-refractivity contribution in [3.05, 3.63) is 76.8 Å². The van der Waals surface area contributed by atoms with Crippen LogP contribution in [-0.2, 0) is 20.9 Å². The first-order chi connectivity index (χ1) is 13.0. The highest BCUT2D eigenvalue weighted by Crippen LogP contribution is 2.33. The van der Waals surface area contributed by atoms with Crippen molar-refractivity contribution in [2.75, 3.05) is 13.4 Å². The molecule has 5 nitrogen and oxygen atoms in total. The predicted molar refractivity (Wildman–Crippen MR) is 106 cm³/mol. The number of nitrogens with zero attached hydrogens (tertiary/aromatic N) is 2. The molecule has 138 valence electrons. The number of aromatic nitrogens is 1. The largest absolute Gasteiger partial charge is 0.465 e. The van der Waals surface area contributed by atoms with Crippen molar-refractivity contribution in [2.24, 2.45) is 0 Å². The third-order valence-corrected chi connectivity index (χ3v) is 5.13. The molecule has 1 aromatic heterocycles. The number of hydrogen-bond acceptors (Lipinski definition) is 5. The lowest BCUT2D eigenvalue weighted by Gasteiger charge is -2.17. The number of amides is 1. The van der Waals surface area contributed by atoms with Gasteiger partial charge in [-0.1, -0.05) is 18.2 Å². The highest BCUT2D eigenvalue weighted by molar-refractivity contribution is 7.98. The summed E-state index contributed by atoms with van der Waals surface area (Å²) < 4.78 is 4.92. The summed E-state index contributed by atoms with van der Waals surface area (Å²) in [7, 11) is 1.32. The molecule has 0 saturated heterocycles. The molecule has 2 heterocycles. The van der Waals surface area contributed by atoms with E-state index in [2.05, 4.69) is 4.98 Å². The van der Waals surface area contributed by atoms with Crippen LogP contribution >= 0.6 is 11.8 Å². The number of allylic oxidation sites excluding steroid dienone is 1. The molecule has 27 heavy (non-hydrogen) atoms. The van der Waals surface area contributed by atoms with Crippen LogP contribution in [-0.4, -0.2) is 35.1 Å². The molecule has 1 amide bonds. The predicted octanol–water partition coefficient (Wildman–Crippen LogP) is 3.68. The summed E-state index contributed by atoms with van der Waals surface area (Å²) in [5.74, 6) is -0.729. The Labute approximate surface area is 162 Å². The van der Waals surface area contributed by atoms with Crippen molar-refractivity contribution in [1.82, 2.24) is 9.88 Å². The summed E-state index contributed by atoms with van der Waals surface area (Å²) >= 11 is 1.65. The molecule has 3 rings (SSSR count). The van der Waals surface area contributed by atoms with E-state index in [1.807, 2.05) is 42.7 Å². The SMILES string of the molecule is COC(=O)C1=C(C)N(Cc2cccnc2)C(=O)/C1=C\c1ccc(SC)cc1. The van der Waals surface area contributed by atoms with Crippen LogP contribution in [0.4, 0.5) is 0 Å². The van der Waals surface area contributed by atoms with Crippen LogP contribution < -0.4 is 0 Å². The van der Waals surface area contributed by atoms with Crippen molar-refractivity contribution in [3.63, 3.8) is 0 Å². The third-order valence-electron chi connectivity index (χ3n) is 4.39. The van der Waals surface area contributed by atoms with Gasteiger partial charge in [0.15, 0.2) is 0 Å². The van der Waals surface area contributed by atoms with Crippen molar-refractivity contribution >= 4 is 29.7 Å². The first kappa shape index (κ1) is 18.9. The Morgan fingerprint density at radius 3 is 2.59 bits per heavy atom. The number of carbonyl (C=O) groups is 2. The normalized spacial score (nSPS) is 15.6. The van der Waals surface area contributed by atoms with Gasteiger partial charge in [-0.3, -0.25) is 9.78 Å². The lowest BCUT2D eigenvalue weighted by molar-refractivity contribution is -0.136. The fourth-order valence-corrected chi connectivity index (χ4v) is 3.37. The second-order valence-electron chi connectivity index (χ2n) is 6.04. The van der Waals surface area contributed by atoms with Crippen LogP contribution in [0.25, 0.3) is 6.08 Å². The van der Waals surface area contributed by atoms with Crippen molar-refractivity contribution in [3.8, 4) is 0 Å². The van der Waals surface area contributed by atoms with Gasteiger partial charge in [-0.05, 0) is 48.6 Å². The number of thioether (sulfide) groups is 1. The summed E-state index contributed by atoms with van der Waals surface area (Å²) in [6.07, 6.45) is 7.14. The summed E-state index contributed by atoms with van der Waals surface area (Å²) in [4.78, 5) is 32.2. The van der Waals surface area contributed by atoms with Crippen LogP contribution in [0.5, 0.6) is 0 Å². The molecule has 1 aliphatic rings. The Bertz CT molecular complexity index is 918. The molecule has 0 saturated carbocycles. The zero-order valence-electron chi connectivity index (χ0n) is 15.4. The smallest absolute Gasteiger partial charge is 0.340 e. The molecule has 0 bridgehead atoms. The van der Waals surface area contributed by atoms with Gasteiger partial charge in [-0.15, -0.1) is 11.8 Å². The van der Waals surface area contributed by atoms with E-state index in [4.69, 9.17) is 4.74 Å². The molecular weight excluding hydrogens is 360 g/mol. The number of benzene rings is 1. The van der Waals surface area contributed by atoms with Crippen LogP contribution in [0.2, 0.25) is 0 Å². The van der Waals surface area contributed by atoms with E-state index in [0.29, 0.717) is 23.4 Å². The number of hydrogen-bond donors (Lipinski definition) is 0. The lowest BCUT2D eigenvalue weighted by Crippen LogP contribution is -2.24. The Hall–Kier alpha value is -2.86. The Morgan fingerprint density at radius 1 is 1.26 bits per heavy atom. The summed E-state index contributed by atoms with van der Waals surface area (Å²) in [5.41, 5.74) is 2.98. The van der Waals surface area contributed by atoms with Crippen molar-refractivity contribution < 1.29 is 14.3 Å². The molecule has 0 radical (unpaired) electrons. The highest BCUT2D eigenvalue weighted by Gasteiger charge is 2.36. The van der Waals surface area contributed by atoms with Gasteiger partial charge in [-0.2, -0.15) is 0 Å². The van der Waals surface area contributed by atoms with E-state index in [1.54, 1.807) is 42.1 Å². The van der Waals surface area contributed by atoms with Gasteiger partial charge >= 0.3 is 5.97 Å². The molecule has 0 fully saturated rings. The minimum Gasteiger partial charge on any atom is -0.465 e. The maximum absolute atomic E-state index is 13.1. The Kier molecular flexibility index (Phi) is 5.76. The summed E-state index contributed by atoms with van der Waals surface area (Å²) in [6, 6.07) is 11.5. The standard InChI is InChI=1S/C21H20N2O3S/c1-14-19(21(25)26-2)18(11-15-6-8-17(27-3)9-7-15)20(24)23(14)13-16-5-4-10-22-12-16/h4-12H,13H2,1-3H3/b18-11-. The minimum absolute atomic E-state index is 0.217. The van der Waals surface area contributed by atoms with E-state index < -0.39 is 5.97 Å². The van der Waals surface area contributed by atoms with E-state index >= 15 is 0 Å². The molecule has 1 aromatic carbocycles. The van der Waals surface area contributed by atoms with Crippen molar-refractivity contribution in [2.45, 2.75) is 18.4 Å². The van der Waals surface area contributed by atoms with E-state index in [-0.39, 0.29) is 5.91 Å². The van der Waals surface area contributed by atoms with Gasteiger partial charge in [-0.25, -0.2) is 4.79 Å². The van der Waals surface area contributed by atoms with Gasteiger partial charge in [0.25, 0.3) is 5.91 Å². The Balaban J connectivity index is 2.00. The van der Waals surface area contributed by atoms with Crippen molar-refractivity contribution in [1.29, 1.82) is 0 Å². The molecule has 2 aromatic rings. The van der Waals surface area contributed by atoms with Gasteiger partial charge in [0, 0.05) is 23.0 Å². The Morgan fingerprint density at radius 2 is 2.00 bits per heavy atom. The monoisotopic (exact) mass is 380 g/mol. The second kappa shape index (κ2) is 8.22. The number of rotatable bonds is 5. The average Bonchev–Trinajstić information content (AvgIpc) is 2.93. The zero-order valence-corrected chi connectivity index (χ0v) is 16.2. The maximum atomic E-state index is 13.1. The quantitative estimate of drug-likeness (QED) is 0.450. The molecule has 6 heteroatoms. The fraction of sp³-hybridized carbons (Fsp3) is 0.190. The number of esters is 1. The number of ether oxygens (including phenoxy) is 1. The van der Waals surface area contributed by atoms with Crippen LogP contribution in [0.3, 0.4) is 0 Å². The van der Waals surface area contributed by atoms with Crippen LogP contribution in [0.15, 0.2) is 70.5 Å². The van der Waals surface area contributed by atoms with Gasteiger partial charge in [0.2, 0.25) is 0 Å². The first-order valence-corrected chi connectivity index (χ1v) is 9.63. The molecule has 0 unspecified atom stereocenters. The minimum atomic E-state index is -0.512. The highest BCUT2D eigenvalue weighted by atomic mass is 32.2. The molecule has 0 aliphatic carbocycles. The number of carbonyl (C=O) groups excluding carboxylic acids is 2. The van der Waals surface area contributed by atoms with Gasteiger partial charge in [0.1, 0.15) is 0 Å². The summed E-state index contributed by atoms with van der Waals surface area (Å²) in [5, 5.41) is 0. The molecule has 0 N–H and O–H groups in total. The maximum Gasteiger partial charge on any atom is 0.340 e. The molecule has 0 atom stereocenters. The number of methoxy groups -OCH3 is 1. The van der Waals surface area contributed by atoms with E-state index in [9.17, 15) is 9.59 Å². The van der Waals surface area contributed by atoms with Gasteiger partial charge < -0.3 is 9.64 Å². The lowest BCUT2D eigenvalue weighted by atomic mass is 10.0. The number of pyridine rings is 1. The molecular formula is C21H20N2O3S. The molecule has 1 aliphatic heterocycles. The first-order valence-electron chi connectivity index (χ1n) is 8.41. The second-order valence-corrected chi connectivity index (χ2v) is 6.92. The van der Waals surface area contributed by atoms with Crippen LogP contribution in [0.1, 0.15) is 18.1 Å².